The van der Waals surface area contributed by atoms with Crippen LogP contribution >= 0.6 is 0 Å². The van der Waals surface area contributed by atoms with Crippen molar-refractivity contribution in [2.45, 2.75) is 26.3 Å². The molecule has 0 bridgehead atoms. The maximum absolute atomic E-state index is 12.4. The summed E-state index contributed by atoms with van der Waals surface area (Å²) < 4.78 is 5.90. The van der Waals surface area contributed by atoms with Crippen molar-refractivity contribution >= 4 is 6.03 Å². The molecule has 0 aromatic heterocycles. The Morgan fingerprint density at radius 1 is 1.16 bits per heavy atom. The normalized spacial score (nSPS) is 17.2. The first-order valence-corrected chi connectivity index (χ1v) is 8.97. The summed E-state index contributed by atoms with van der Waals surface area (Å²) in [5.74, 6) is 1.29. The van der Waals surface area contributed by atoms with Gasteiger partial charge in [0.25, 0.3) is 0 Å². The fourth-order valence-electron chi connectivity index (χ4n) is 3.12. The molecule has 1 N–H and O–H groups in total. The van der Waals surface area contributed by atoms with Gasteiger partial charge in [0.05, 0.1) is 6.61 Å². The molecule has 1 fully saturated rings. The van der Waals surface area contributed by atoms with Crippen molar-refractivity contribution in [2.24, 2.45) is 5.92 Å². The van der Waals surface area contributed by atoms with Crippen molar-refractivity contribution in [3.05, 3.63) is 65.7 Å². The number of hydrogen-bond acceptors (Lipinski definition) is 2. The zero-order valence-corrected chi connectivity index (χ0v) is 14.8. The van der Waals surface area contributed by atoms with Crippen LogP contribution < -0.4 is 10.1 Å². The highest BCUT2D eigenvalue weighted by Crippen LogP contribution is 2.19. The molecule has 4 nitrogen and oxygen atoms in total. The molecule has 1 atom stereocenters. The van der Waals surface area contributed by atoms with Crippen LogP contribution in [0.25, 0.3) is 0 Å². The predicted octanol–water partition coefficient (Wildman–Crippen LogP) is 4.00. The van der Waals surface area contributed by atoms with Crippen molar-refractivity contribution < 1.29 is 9.53 Å². The maximum atomic E-state index is 12.4. The lowest BCUT2D eigenvalue weighted by molar-refractivity contribution is 0.137. The zero-order valence-electron chi connectivity index (χ0n) is 14.8. The molecule has 1 heterocycles. The molecule has 1 aliphatic rings. The van der Waals surface area contributed by atoms with Crippen molar-refractivity contribution in [3.8, 4) is 5.75 Å². The first-order chi connectivity index (χ1) is 12.2. The minimum atomic E-state index is 0.0175. The average Bonchev–Trinajstić information content (AvgIpc) is 2.67. The van der Waals surface area contributed by atoms with Gasteiger partial charge in [-0.3, -0.25) is 0 Å². The van der Waals surface area contributed by atoms with Crippen LogP contribution in [0.5, 0.6) is 5.75 Å². The number of carbonyl (C=O) groups excluding carboxylic acids is 1. The molecule has 1 saturated heterocycles. The predicted molar refractivity (Wildman–Crippen MR) is 99.6 cm³/mol. The van der Waals surface area contributed by atoms with Crippen molar-refractivity contribution in [3.63, 3.8) is 0 Å². The lowest BCUT2D eigenvalue weighted by Gasteiger charge is -2.32. The van der Waals surface area contributed by atoms with Gasteiger partial charge in [-0.1, -0.05) is 48.0 Å². The Hall–Kier alpha value is -2.49. The second-order valence-corrected chi connectivity index (χ2v) is 6.72. The standard InChI is InChI=1S/C21H26N2O2/c1-17-9-11-20(12-10-17)25-16-19-8-5-13-23(15-19)21(24)22-14-18-6-3-2-4-7-18/h2-4,6-7,9-12,19H,5,8,13-16H2,1H3,(H,22,24). The molecule has 2 aromatic carbocycles. The molecular formula is C21H26N2O2. The lowest BCUT2D eigenvalue weighted by atomic mass is 9.99. The van der Waals surface area contributed by atoms with E-state index in [0.717, 1.165) is 37.2 Å². The number of rotatable bonds is 5. The van der Waals surface area contributed by atoms with Gasteiger partial charge in [0, 0.05) is 25.6 Å². The number of nitrogens with one attached hydrogen (secondary N) is 1. The molecule has 2 aromatic rings. The van der Waals surface area contributed by atoms with Gasteiger partial charge in [-0.25, -0.2) is 4.79 Å². The van der Waals surface area contributed by atoms with E-state index in [1.807, 2.05) is 47.4 Å². The summed E-state index contributed by atoms with van der Waals surface area (Å²) in [5.41, 5.74) is 2.35. The van der Waals surface area contributed by atoms with Gasteiger partial charge in [-0.05, 0) is 37.5 Å². The van der Waals surface area contributed by atoms with Crippen molar-refractivity contribution in [1.82, 2.24) is 10.2 Å². The highest BCUT2D eigenvalue weighted by Gasteiger charge is 2.24. The van der Waals surface area contributed by atoms with Crippen LogP contribution in [0.15, 0.2) is 54.6 Å². The number of benzene rings is 2. The Morgan fingerprint density at radius 3 is 2.68 bits per heavy atom. The summed E-state index contributed by atoms with van der Waals surface area (Å²) in [6.07, 6.45) is 2.13. The quantitative estimate of drug-likeness (QED) is 0.895. The number of piperidine rings is 1. The van der Waals surface area contributed by atoms with Crippen LogP contribution in [0.3, 0.4) is 0 Å². The number of nitrogens with zero attached hydrogens (tertiary/aromatic N) is 1. The highest BCUT2D eigenvalue weighted by atomic mass is 16.5. The summed E-state index contributed by atoms with van der Waals surface area (Å²) in [4.78, 5) is 14.3. The van der Waals surface area contributed by atoms with Gasteiger partial charge in [0.2, 0.25) is 0 Å². The van der Waals surface area contributed by atoms with Gasteiger partial charge in [0.15, 0.2) is 0 Å². The molecule has 0 aliphatic carbocycles. The molecule has 3 rings (SSSR count). The van der Waals surface area contributed by atoms with Crippen LogP contribution in [0.2, 0.25) is 0 Å². The molecule has 4 heteroatoms. The van der Waals surface area contributed by atoms with E-state index < -0.39 is 0 Å². The van der Waals surface area contributed by atoms with Crippen LogP contribution in [0.1, 0.15) is 24.0 Å². The molecule has 0 radical (unpaired) electrons. The largest absolute Gasteiger partial charge is 0.493 e. The summed E-state index contributed by atoms with van der Waals surface area (Å²) in [5, 5.41) is 3.02. The third kappa shape index (κ3) is 5.24. The van der Waals surface area contributed by atoms with Crippen LogP contribution in [-0.4, -0.2) is 30.6 Å². The third-order valence-corrected chi connectivity index (χ3v) is 4.60. The van der Waals surface area contributed by atoms with E-state index in [-0.39, 0.29) is 6.03 Å². The maximum Gasteiger partial charge on any atom is 0.317 e. The summed E-state index contributed by atoms with van der Waals surface area (Å²) in [7, 11) is 0. The van der Waals surface area contributed by atoms with Gasteiger partial charge < -0.3 is 15.0 Å². The van der Waals surface area contributed by atoms with E-state index in [9.17, 15) is 4.79 Å². The van der Waals surface area contributed by atoms with Gasteiger partial charge in [-0.2, -0.15) is 0 Å². The molecule has 2 amide bonds. The van der Waals surface area contributed by atoms with Gasteiger partial charge in [-0.15, -0.1) is 0 Å². The van der Waals surface area contributed by atoms with Gasteiger partial charge in [0.1, 0.15) is 5.75 Å². The monoisotopic (exact) mass is 338 g/mol. The number of amides is 2. The minimum absolute atomic E-state index is 0.0175. The zero-order chi connectivity index (χ0) is 17.5. The number of urea groups is 1. The molecule has 1 aliphatic heterocycles. The van der Waals surface area contributed by atoms with E-state index >= 15 is 0 Å². The molecular weight excluding hydrogens is 312 g/mol. The Labute approximate surface area is 149 Å². The fraction of sp³-hybridized carbons (Fsp3) is 0.381. The topological polar surface area (TPSA) is 41.6 Å². The third-order valence-electron chi connectivity index (χ3n) is 4.60. The van der Waals surface area contributed by atoms with Crippen molar-refractivity contribution in [2.75, 3.05) is 19.7 Å². The molecule has 0 saturated carbocycles. The fourth-order valence-corrected chi connectivity index (χ4v) is 3.12. The van der Waals surface area contributed by atoms with Crippen LogP contribution in [0.4, 0.5) is 4.79 Å². The van der Waals surface area contributed by atoms with E-state index in [1.54, 1.807) is 0 Å². The highest BCUT2D eigenvalue weighted by molar-refractivity contribution is 5.74. The second-order valence-electron chi connectivity index (χ2n) is 6.72. The van der Waals surface area contributed by atoms with E-state index in [4.69, 9.17) is 4.74 Å². The van der Waals surface area contributed by atoms with E-state index in [0.29, 0.717) is 19.1 Å². The number of hydrogen-bond donors (Lipinski definition) is 1. The summed E-state index contributed by atoms with van der Waals surface area (Å²) >= 11 is 0. The lowest BCUT2D eigenvalue weighted by Crippen LogP contribution is -2.46. The second kappa shape index (κ2) is 8.56. The number of carbonyl (C=O) groups is 1. The smallest absolute Gasteiger partial charge is 0.317 e. The van der Waals surface area contributed by atoms with E-state index in [1.165, 1.54) is 5.56 Å². The SMILES string of the molecule is Cc1ccc(OCC2CCCN(C(=O)NCc3ccccc3)C2)cc1. The van der Waals surface area contributed by atoms with Crippen LogP contribution in [0, 0.1) is 12.8 Å². The molecule has 25 heavy (non-hydrogen) atoms. The Kier molecular flexibility index (Phi) is 5.94. The first-order valence-electron chi connectivity index (χ1n) is 8.97. The Morgan fingerprint density at radius 2 is 1.92 bits per heavy atom. The first kappa shape index (κ1) is 17.3. The number of aryl methyl sites for hydroxylation is 1. The Balaban J connectivity index is 1.45. The Bertz CT molecular complexity index is 670. The molecule has 0 spiro atoms. The summed E-state index contributed by atoms with van der Waals surface area (Å²) in [6.45, 7) is 4.87. The number of likely N-dealkylation sites (tertiary alicyclic amines) is 1. The average molecular weight is 338 g/mol. The van der Waals surface area contributed by atoms with Gasteiger partial charge >= 0.3 is 6.03 Å². The minimum Gasteiger partial charge on any atom is -0.493 e. The number of ether oxygens (including phenoxy) is 1. The van der Waals surface area contributed by atoms with Crippen LogP contribution in [-0.2, 0) is 6.54 Å². The molecule has 132 valence electrons. The van der Waals surface area contributed by atoms with Crippen molar-refractivity contribution in [1.29, 1.82) is 0 Å². The summed E-state index contributed by atoms with van der Waals surface area (Å²) in [6, 6.07) is 18.1. The molecule has 1 unspecified atom stereocenters. The van der Waals surface area contributed by atoms with E-state index in [2.05, 4.69) is 24.4 Å².